The molecule has 0 saturated heterocycles. The van der Waals surface area contributed by atoms with E-state index in [1.165, 1.54) is 7.11 Å². The number of rotatable bonds is 15. The van der Waals surface area contributed by atoms with E-state index < -0.39 is 41.3 Å². The van der Waals surface area contributed by atoms with Crippen molar-refractivity contribution in [2.45, 2.75) is 67.5 Å². The third-order valence-electron chi connectivity index (χ3n) is 7.97. The molecule has 0 aliphatic carbocycles. The van der Waals surface area contributed by atoms with E-state index in [0.29, 0.717) is 5.69 Å². The number of hydrogen-bond donors (Lipinski definition) is 9. The molecule has 18 nitrogen and oxygen atoms in total. The summed E-state index contributed by atoms with van der Waals surface area (Å²) >= 11 is 9.31. The number of carbonyl (C=O) groups excluding carboxylic acids is 4. The van der Waals surface area contributed by atoms with E-state index in [1.54, 1.807) is 13.8 Å². The van der Waals surface area contributed by atoms with Gasteiger partial charge < -0.3 is 48.9 Å². The maximum Gasteiger partial charge on any atom is 0.369 e. The molecule has 0 aliphatic rings. The lowest BCUT2D eigenvalue weighted by Crippen LogP contribution is -2.40. The van der Waals surface area contributed by atoms with Gasteiger partial charge in [-0.1, -0.05) is 39.8 Å². The summed E-state index contributed by atoms with van der Waals surface area (Å²) in [5.74, 6) is -2.79. The van der Waals surface area contributed by atoms with Crippen LogP contribution in [0.3, 0.4) is 0 Å². The Morgan fingerprint density at radius 1 is 0.661 bits per heavy atom. The molecule has 0 fully saturated rings. The molecule has 0 radical (unpaired) electrons. The number of halogens is 3. The number of carbonyl (C=O) groups is 4. The van der Waals surface area contributed by atoms with Crippen LogP contribution in [0.15, 0.2) is 41.2 Å². The first kappa shape index (κ1) is 49.9. The molecule has 2 aromatic carbocycles. The number of nitrogens with two attached hydrogens (primary N) is 4. The molecule has 4 amide bonds. The average Bonchev–Trinajstić information content (AvgIpc) is 3.07. The number of benzene rings is 2. The number of ether oxygens (including phenoxy) is 1. The van der Waals surface area contributed by atoms with Crippen LogP contribution in [-0.2, 0) is 9.59 Å². The standard InChI is InChI=1S/C19H26N6O3.C18H24N6O3.BBr3/c1-9(2)14(16(21)27)23-19-24-17(13(15(20)26)18(25-19)28-5)22-12-7-10(3)6-11(4)8-12;1-8(2)13(15(20)26)22-18-23-16(12(14(19)25)17(27)24-18)21-11-6-9(3)5-10(4)7-11;2-1(3)4/h6-9,14H,1-5H3,(H2,20,26)(H2,21,27)(H2,22,23,24,25);5-8,13H,1-4H3,(H2,19,25)(H2,20,26)(H3,21,22,23,24,27);/t14-;13-;/m11./s1. The highest BCUT2D eigenvalue weighted by Crippen LogP contribution is 2.29. The summed E-state index contributed by atoms with van der Waals surface area (Å²) in [5.41, 5.74) is 26.1. The summed E-state index contributed by atoms with van der Waals surface area (Å²) in [5, 5.41) is 11.8. The fourth-order valence-corrected chi connectivity index (χ4v) is 5.61. The van der Waals surface area contributed by atoms with Crippen molar-refractivity contribution >= 4 is 109 Å². The molecule has 13 N–H and O–H groups in total. The summed E-state index contributed by atoms with van der Waals surface area (Å²) in [6.07, 6.45) is 0. The SMILES string of the molecule is BrB(Br)Br.COc1nc(N[C@@H](C(N)=O)C(C)C)nc(Nc2cc(C)cc(C)c2)c1C(N)=O.Cc1cc(C)cc(Nc2nc(N[C@@H](C(N)=O)C(C)C)[nH]c(=O)c2C(N)=O)c1. The quantitative estimate of drug-likeness (QED) is 0.0695. The number of hydrogen-bond acceptors (Lipinski definition) is 13. The first-order valence-electron chi connectivity index (χ1n) is 17.9. The van der Waals surface area contributed by atoms with Gasteiger partial charge in [-0.25, -0.2) is 0 Å². The maximum atomic E-state index is 12.4. The smallest absolute Gasteiger partial charge is 0.369 e. The highest BCUT2D eigenvalue weighted by atomic mass is 79.9. The van der Waals surface area contributed by atoms with Crippen LogP contribution in [0.5, 0.6) is 5.88 Å². The first-order valence-corrected chi connectivity index (χ1v) is 20.6. The van der Waals surface area contributed by atoms with Crippen molar-refractivity contribution in [3.05, 3.63) is 80.1 Å². The number of anilines is 6. The largest absolute Gasteiger partial charge is 0.480 e. The number of methoxy groups -OCH3 is 1. The second-order valence-electron chi connectivity index (χ2n) is 13.9. The van der Waals surface area contributed by atoms with E-state index in [0.717, 1.165) is 27.9 Å². The van der Waals surface area contributed by atoms with Gasteiger partial charge in [0.2, 0.25) is 29.6 Å². The van der Waals surface area contributed by atoms with Gasteiger partial charge in [0.1, 0.15) is 23.2 Å². The molecule has 318 valence electrons. The molecular weight excluding hydrogens is 959 g/mol. The fourth-order valence-electron chi connectivity index (χ4n) is 5.61. The van der Waals surface area contributed by atoms with Crippen molar-refractivity contribution in [1.82, 2.24) is 19.9 Å². The van der Waals surface area contributed by atoms with Crippen LogP contribution in [0.1, 0.15) is 70.7 Å². The second kappa shape index (κ2) is 22.8. The number of aromatic amines is 1. The molecule has 22 heteroatoms. The van der Waals surface area contributed by atoms with Gasteiger partial charge in [-0.3, -0.25) is 29.0 Å². The third kappa shape index (κ3) is 15.8. The van der Waals surface area contributed by atoms with E-state index >= 15 is 0 Å². The monoisotopic (exact) mass is 1010 g/mol. The summed E-state index contributed by atoms with van der Waals surface area (Å²) in [6.45, 7) is 15.0. The molecular formula is C37H50BBr3N12O6. The lowest BCUT2D eigenvalue weighted by Gasteiger charge is -2.20. The van der Waals surface area contributed by atoms with Crippen LogP contribution in [0, 0.1) is 39.5 Å². The third-order valence-corrected chi connectivity index (χ3v) is 7.97. The number of aromatic nitrogens is 4. The van der Waals surface area contributed by atoms with E-state index in [-0.39, 0.29) is 55.6 Å². The van der Waals surface area contributed by atoms with E-state index in [1.807, 2.05) is 77.9 Å². The maximum absolute atomic E-state index is 12.4. The summed E-state index contributed by atoms with van der Waals surface area (Å²) in [6, 6.07) is 10.0. The molecule has 2 aromatic heterocycles. The predicted octanol–water partition coefficient (Wildman–Crippen LogP) is 5.17. The predicted molar refractivity (Wildman–Crippen MR) is 244 cm³/mol. The van der Waals surface area contributed by atoms with E-state index in [4.69, 9.17) is 27.7 Å². The van der Waals surface area contributed by atoms with Crippen molar-refractivity contribution in [2.75, 3.05) is 28.4 Å². The van der Waals surface area contributed by atoms with Crippen molar-refractivity contribution in [2.24, 2.45) is 34.8 Å². The number of amides is 4. The number of nitrogens with zero attached hydrogens (tertiary/aromatic N) is 3. The highest BCUT2D eigenvalue weighted by Gasteiger charge is 2.26. The minimum absolute atomic E-state index is 0.00683. The Balaban J connectivity index is 0.000000373. The molecule has 0 saturated carbocycles. The molecule has 4 aromatic rings. The summed E-state index contributed by atoms with van der Waals surface area (Å²) < 4.78 is 5.50. The van der Waals surface area contributed by atoms with Gasteiger partial charge in [-0.2, -0.15) is 15.0 Å². The van der Waals surface area contributed by atoms with Crippen LogP contribution < -0.4 is 54.5 Å². The number of aryl methyl sites for hydroxylation is 4. The minimum Gasteiger partial charge on any atom is -0.480 e. The Morgan fingerprint density at radius 3 is 1.41 bits per heavy atom. The lowest BCUT2D eigenvalue weighted by molar-refractivity contribution is -0.120. The van der Waals surface area contributed by atoms with Crippen molar-refractivity contribution < 1.29 is 23.9 Å². The van der Waals surface area contributed by atoms with Gasteiger partial charge in [-0.05, 0) is 86.1 Å². The zero-order valence-corrected chi connectivity index (χ0v) is 38.8. The molecule has 0 unspecified atom stereocenters. The molecule has 0 aliphatic heterocycles. The summed E-state index contributed by atoms with van der Waals surface area (Å²) in [7, 11) is 1.37. The Kier molecular flexibility index (Phi) is 19.3. The van der Waals surface area contributed by atoms with Gasteiger partial charge in [-0.15, -0.1) is 47.3 Å². The Morgan fingerprint density at radius 2 is 1.05 bits per heavy atom. The molecule has 2 heterocycles. The van der Waals surface area contributed by atoms with E-state index in [2.05, 4.69) is 88.5 Å². The van der Waals surface area contributed by atoms with Gasteiger partial charge in [0.25, 0.3) is 17.4 Å². The fraction of sp³-hybridized carbons (Fsp3) is 0.351. The molecule has 4 rings (SSSR count). The Labute approximate surface area is 367 Å². The van der Waals surface area contributed by atoms with Crippen LogP contribution >= 0.6 is 47.3 Å². The van der Waals surface area contributed by atoms with Crippen LogP contribution in [0.25, 0.3) is 0 Å². The van der Waals surface area contributed by atoms with Crippen LogP contribution in [-0.4, -0.2) is 65.9 Å². The summed E-state index contributed by atoms with van der Waals surface area (Å²) in [4.78, 5) is 74.6. The Hall–Kier alpha value is -5.22. The number of nitrogens with one attached hydrogen (secondary N) is 5. The van der Waals surface area contributed by atoms with Crippen molar-refractivity contribution in [3.8, 4) is 5.88 Å². The lowest BCUT2D eigenvalue weighted by atomic mass is 10.0. The van der Waals surface area contributed by atoms with Gasteiger partial charge in [0.15, 0.2) is 11.6 Å². The molecule has 59 heavy (non-hydrogen) atoms. The van der Waals surface area contributed by atoms with E-state index in [9.17, 15) is 24.0 Å². The Bertz CT molecular complexity index is 2160. The zero-order chi connectivity index (χ0) is 44.9. The first-order chi connectivity index (χ1) is 27.4. The van der Waals surface area contributed by atoms with Crippen LogP contribution in [0.4, 0.5) is 34.9 Å². The van der Waals surface area contributed by atoms with Gasteiger partial charge in [0.05, 0.1) is 7.11 Å². The average molecular weight is 1010 g/mol. The van der Waals surface area contributed by atoms with Crippen molar-refractivity contribution in [3.63, 3.8) is 0 Å². The molecule has 0 spiro atoms. The van der Waals surface area contributed by atoms with Gasteiger partial charge >= 0.3 is 3.18 Å². The normalized spacial score (nSPS) is 11.5. The topological polar surface area (TPSA) is 301 Å². The molecule has 0 bridgehead atoms. The van der Waals surface area contributed by atoms with Gasteiger partial charge in [0, 0.05) is 11.4 Å². The zero-order valence-electron chi connectivity index (χ0n) is 34.1. The second-order valence-corrected chi connectivity index (χ2v) is 20.4. The minimum atomic E-state index is -0.919. The van der Waals surface area contributed by atoms with Crippen LogP contribution in [0.2, 0.25) is 0 Å². The molecule has 2 atom stereocenters. The number of H-pyrrole nitrogens is 1. The van der Waals surface area contributed by atoms with Crippen molar-refractivity contribution in [1.29, 1.82) is 0 Å². The highest BCUT2D eigenvalue weighted by molar-refractivity contribution is 9.69. The number of primary amides is 4.